The molecule has 1 unspecified atom stereocenters. The molecule has 0 bridgehead atoms. The average Bonchev–Trinajstić information content (AvgIpc) is 3.13. The van der Waals surface area contributed by atoms with E-state index in [4.69, 9.17) is 14.2 Å². The Bertz CT molecular complexity index is 1070. The maximum atomic E-state index is 12.2. The monoisotopic (exact) mass is 496 g/mol. The van der Waals surface area contributed by atoms with Gasteiger partial charge in [0.1, 0.15) is 35.9 Å². The molecule has 0 saturated heterocycles. The van der Waals surface area contributed by atoms with Crippen LogP contribution in [0.5, 0.6) is 11.5 Å². The molecular weight excluding hydrogens is 456 g/mol. The maximum Gasteiger partial charge on any atom is 0.313 e. The molecule has 1 aliphatic heterocycles. The minimum atomic E-state index is -0.855. The van der Waals surface area contributed by atoms with E-state index in [0.29, 0.717) is 19.4 Å². The molecule has 0 aliphatic carbocycles. The lowest BCUT2D eigenvalue weighted by Gasteiger charge is -2.25. The van der Waals surface area contributed by atoms with Crippen LogP contribution in [0.1, 0.15) is 87.6 Å². The first-order valence-electron chi connectivity index (χ1n) is 12.9. The van der Waals surface area contributed by atoms with E-state index >= 15 is 0 Å². The zero-order chi connectivity index (χ0) is 26.5. The number of benzene rings is 2. The molecule has 1 atom stereocenters. The number of aliphatic hydroxyl groups excluding tert-OH is 1. The molecule has 1 aliphatic rings. The van der Waals surface area contributed by atoms with Crippen molar-refractivity contribution < 1.29 is 28.9 Å². The highest BCUT2D eigenvalue weighted by Gasteiger charge is 2.37. The quantitative estimate of drug-likeness (QED) is 0.304. The van der Waals surface area contributed by atoms with Gasteiger partial charge in [-0.25, -0.2) is 0 Å². The maximum absolute atomic E-state index is 12.2. The molecule has 2 aromatic carbocycles. The molecule has 0 radical (unpaired) electrons. The van der Waals surface area contributed by atoms with E-state index in [2.05, 4.69) is 46.8 Å². The van der Waals surface area contributed by atoms with Gasteiger partial charge in [-0.15, -0.1) is 0 Å². The van der Waals surface area contributed by atoms with Gasteiger partial charge in [0.25, 0.3) is 0 Å². The first kappa shape index (κ1) is 27.7. The molecule has 0 spiro atoms. The number of fused-ring (bicyclic) bond motifs is 1. The first-order valence-corrected chi connectivity index (χ1v) is 12.9. The summed E-state index contributed by atoms with van der Waals surface area (Å²) in [6.45, 7) is 12.9. The second-order valence-electron chi connectivity index (χ2n) is 10.5. The van der Waals surface area contributed by atoms with Crippen molar-refractivity contribution >= 4 is 11.8 Å². The number of hydrogen-bond acceptors (Lipinski definition) is 6. The van der Waals surface area contributed by atoms with Crippen LogP contribution >= 0.6 is 0 Å². The van der Waals surface area contributed by atoms with Crippen LogP contribution in [0.4, 0.5) is 0 Å². The Balaban J connectivity index is 1.87. The van der Waals surface area contributed by atoms with Gasteiger partial charge in [-0.3, -0.25) is 9.59 Å². The van der Waals surface area contributed by atoms with Crippen LogP contribution in [-0.4, -0.2) is 35.2 Å². The van der Waals surface area contributed by atoms with Gasteiger partial charge >= 0.3 is 5.97 Å². The van der Waals surface area contributed by atoms with Crippen molar-refractivity contribution in [3.05, 3.63) is 58.1 Å². The summed E-state index contributed by atoms with van der Waals surface area (Å²) >= 11 is 0. The fraction of sp³-hybridized carbons (Fsp3) is 0.533. The highest BCUT2D eigenvalue weighted by molar-refractivity contribution is 5.95. The minimum Gasteiger partial charge on any atom is -0.488 e. The number of Topliss-reactive ketones (excluding diaryl/α,β-unsaturated/α-hetero) is 1. The summed E-state index contributed by atoms with van der Waals surface area (Å²) in [7, 11) is 0. The SMILES string of the molecule is CCOC(=O)CC(=O)CC(O)CCc1c2c(c(C)c(OCc3ccccc3)c1C(C)C)CC(C)(C)O2. The van der Waals surface area contributed by atoms with Crippen molar-refractivity contribution in [2.45, 2.75) is 97.9 Å². The van der Waals surface area contributed by atoms with Gasteiger partial charge in [0.2, 0.25) is 0 Å². The highest BCUT2D eigenvalue weighted by atomic mass is 16.5. The molecule has 1 heterocycles. The zero-order valence-corrected chi connectivity index (χ0v) is 22.5. The number of ether oxygens (including phenoxy) is 3. The van der Waals surface area contributed by atoms with Gasteiger partial charge in [0, 0.05) is 29.5 Å². The Hall–Kier alpha value is -2.86. The number of aliphatic hydroxyl groups is 1. The summed E-state index contributed by atoms with van der Waals surface area (Å²) in [5.41, 5.74) is 5.14. The fourth-order valence-corrected chi connectivity index (χ4v) is 4.92. The van der Waals surface area contributed by atoms with Crippen LogP contribution in [-0.2, 0) is 33.8 Å². The average molecular weight is 497 g/mol. The molecule has 0 fully saturated rings. The van der Waals surface area contributed by atoms with Crippen LogP contribution in [0.3, 0.4) is 0 Å². The van der Waals surface area contributed by atoms with E-state index in [1.165, 1.54) is 0 Å². The van der Waals surface area contributed by atoms with E-state index in [1.807, 2.05) is 18.2 Å². The molecule has 196 valence electrons. The number of carbonyl (C=O) groups excluding carboxylic acids is 2. The highest BCUT2D eigenvalue weighted by Crippen LogP contribution is 2.48. The normalized spacial score (nSPS) is 14.8. The second kappa shape index (κ2) is 11.9. The molecule has 2 aromatic rings. The van der Waals surface area contributed by atoms with E-state index in [9.17, 15) is 14.7 Å². The summed E-state index contributed by atoms with van der Waals surface area (Å²) in [4.78, 5) is 23.8. The third kappa shape index (κ3) is 6.88. The molecule has 36 heavy (non-hydrogen) atoms. The smallest absolute Gasteiger partial charge is 0.313 e. The van der Waals surface area contributed by atoms with Crippen LogP contribution in [0.2, 0.25) is 0 Å². The van der Waals surface area contributed by atoms with Crippen molar-refractivity contribution in [2.24, 2.45) is 0 Å². The second-order valence-corrected chi connectivity index (χ2v) is 10.5. The third-order valence-electron chi connectivity index (χ3n) is 6.53. The van der Waals surface area contributed by atoms with Crippen LogP contribution in [0.25, 0.3) is 0 Å². The lowest BCUT2D eigenvalue weighted by Crippen LogP contribution is -2.25. The minimum absolute atomic E-state index is 0.0758. The summed E-state index contributed by atoms with van der Waals surface area (Å²) in [6, 6.07) is 10.1. The summed E-state index contributed by atoms with van der Waals surface area (Å²) in [5.74, 6) is 1.08. The van der Waals surface area contributed by atoms with E-state index in [-0.39, 0.29) is 36.8 Å². The van der Waals surface area contributed by atoms with Crippen molar-refractivity contribution in [2.75, 3.05) is 6.61 Å². The predicted molar refractivity (Wildman–Crippen MR) is 140 cm³/mol. The number of ketones is 1. The van der Waals surface area contributed by atoms with Gasteiger partial charge in [-0.2, -0.15) is 0 Å². The lowest BCUT2D eigenvalue weighted by atomic mass is 9.86. The van der Waals surface area contributed by atoms with Gasteiger partial charge in [-0.05, 0) is 57.6 Å². The largest absolute Gasteiger partial charge is 0.488 e. The lowest BCUT2D eigenvalue weighted by molar-refractivity contribution is -0.145. The molecule has 6 heteroatoms. The number of rotatable bonds is 12. The molecule has 6 nitrogen and oxygen atoms in total. The van der Waals surface area contributed by atoms with E-state index in [1.54, 1.807) is 6.92 Å². The Morgan fingerprint density at radius 1 is 1.17 bits per heavy atom. The standard InChI is InChI=1S/C30H40O6/c1-7-34-26(33)16-23(32)15-22(31)13-14-24-27(19(2)3)28(35-18-21-11-9-8-10-12-21)20(4)25-17-30(5,6)36-29(24)25/h8-12,19,22,31H,7,13-18H2,1-6H3. The fourth-order valence-electron chi connectivity index (χ4n) is 4.92. The van der Waals surface area contributed by atoms with E-state index < -0.39 is 12.1 Å². The number of esters is 1. The van der Waals surface area contributed by atoms with Crippen LogP contribution in [0.15, 0.2) is 30.3 Å². The molecule has 3 rings (SSSR count). The summed E-state index contributed by atoms with van der Waals surface area (Å²) in [5, 5.41) is 10.6. The van der Waals surface area contributed by atoms with Crippen molar-refractivity contribution in [3.63, 3.8) is 0 Å². The Morgan fingerprint density at radius 2 is 1.86 bits per heavy atom. The van der Waals surface area contributed by atoms with Gasteiger partial charge in [-0.1, -0.05) is 44.2 Å². The van der Waals surface area contributed by atoms with Crippen LogP contribution in [0, 0.1) is 6.92 Å². The summed E-state index contributed by atoms with van der Waals surface area (Å²) in [6.07, 6.45) is 0.465. The number of carbonyl (C=O) groups is 2. The predicted octanol–water partition coefficient (Wildman–Crippen LogP) is 5.62. The zero-order valence-electron chi connectivity index (χ0n) is 22.5. The number of hydrogen-bond donors (Lipinski definition) is 1. The Labute approximate surface area is 215 Å². The summed E-state index contributed by atoms with van der Waals surface area (Å²) < 4.78 is 17.7. The first-order chi connectivity index (χ1) is 17.0. The van der Waals surface area contributed by atoms with Gasteiger partial charge in [0.15, 0.2) is 0 Å². The molecule has 0 saturated carbocycles. The van der Waals surface area contributed by atoms with Gasteiger partial charge in [0.05, 0.1) is 12.7 Å². The Kier molecular flexibility index (Phi) is 9.18. The molecule has 0 amide bonds. The molecule has 0 aromatic heterocycles. The Morgan fingerprint density at radius 3 is 2.50 bits per heavy atom. The van der Waals surface area contributed by atoms with Crippen LogP contribution < -0.4 is 9.47 Å². The van der Waals surface area contributed by atoms with Gasteiger partial charge < -0.3 is 19.3 Å². The third-order valence-corrected chi connectivity index (χ3v) is 6.53. The van der Waals surface area contributed by atoms with Crippen molar-refractivity contribution in [1.29, 1.82) is 0 Å². The molecular formula is C30H40O6. The topological polar surface area (TPSA) is 82.1 Å². The van der Waals surface area contributed by atoms with E-state index in [0.717, 1.165) is 45.7 Å². The molecule has 1 N–H and O–H groups in total. The van der Waals surface area contributed by atoms with Crippen molar-refractivity contribution in [1.82, 2.24) is 0 Å². The van der Waals surface area contributed by atoms with Crippen molar-refractivity contribution in [3.8, 4) is 11.5 Å².